The van der Waals surface area contributed by atoms with Crippen LogP contribution in [0.1, 0.15) is 25.7 Å². The molecule has 1 saturated carbocycles. The highest BCUT2D eigenvalue weighted by Crippen LogP contribution is 2.31. The second kappa shape index (κ2) is 7.40. The molecule has 0 spiro atoms. The Hall–Kier alpha value is -2.87. The minimum atomic E-state index is -0.990. The molecule has 0 aliphatic heterocycles. The summed E-state index contributed by atoms with van der Waals surface area (Å²) in [5.74, 6) is 0.461. The van der Waals surface area contributed by atoms with Crippen molar-refractivity contribution >= 4 is 34.5 Å². The highest BCUT2D eigenvalue weighted by Gasteiger charge is 2.24. The molecule has 1 fully saturated rings. The van der Waals surface area contributed by atoms with Gasteiger partial charge in [-0.15, -0.1) is 0 Å². The second-order valence-electron chi connectivity index (χ2n) is 6.66. The quantitative estimate of drug-likeness (QED) is 0.543. The van der Waals surface area contributed by atoms with E-state index >= 15 is 0 Å². The van der Waals surface area contributed by atoms with Crippen molar-refractivity contribution in [2.45, 2.75) is 37.8 Å². The molecule has 0 radical (unpaired) electrons. The second-order valence-corrected chi connectivity index (χ2v) is 7.07. The van der Waals surface area contributed by atoms with Crippen LogP contribution in [0.3, 0.4) is 0 Å². The molecule has 1 aromatic carbocycles. The molecule has 1 amide bonds. The Morgan fingerprint density at radius 1 is 1.22 bits per heavy atom. The summed E-state index contributed by atoms with van der Waals surface area (Å²) in [5.41, 5.74) is 2.14. The van der Waals surface area contributed by atoms with Gasteiger partial charge in [-0.25, -0.2) is 14.8 Å². The Morgan fingerprint density at radius 2 is 2.04 bits per heavy atom. The maximum atomic E-state index is 10.9. The Morgan fingerprint density at radius 3 is 2.89 bits per heavy atom. The van der Waals surface area contributed by atoms with Crippen molar-refractivity contribution in [1.82, 2.24) is 25.5 Å². The van der Waals surface area contributed by atoms with Crippen molar-refractivity contribution in [3.05, 3.63) is 35.5 Å². The van der Waals surface area contributed by atoms with Gasteiger partial charge in [0.05, 0.1) is 16.7 Å². The van der Waals surface area contributed by atoms with Gasteiger partial charge >= 0.3 is 6.09 Å². The van der Waals surface area contributed by atoms with Gasteiger partial charge in [0, 0.05) is 17.5 Å². The van der Waals surface area contributed by atoms with E-state index in [-0.39, 0.29) is 12.1 Å². The van der Waals surface area contributed by atoms with Crippen LogP contribution in [0.25, 0.3) is 22.3 Å². The van der Waals surface area contributed by atoms with E-state index in [9.17, 15) is 4.79 Å². The van der Waals surface area contributed by atoms with Crippen LogP contribution < -0.4 is 10.6 Å². The van der Waals surface area contributed by atoms with Crippen LogP contribution in [0, 0.1) is 0 Å². The van der Waals surface area contributed by atoms with E-state index in [0.29, 0.717) is 28.8 Å². The van der Waals surface area contributed by atoms with Crippen molar-refractivity contribution in [2.24, 2.45) is 0 Å². The SMILES string of the molecule is O=C(O)N[C@H]1CCC[C@@H](Nc2ncc(Cl)c(-c3n[nH]c4ccccc34)n2)C1. The van der Waals surface area contributed by atoms with E-state index in [1.807, 2.05) is 24.3 Å². The van der Waals surface area contributed by atoms with Gasteiger partial charge in [-0.05, 0) is 31.7 Å². The number of aromatic amines is 1. The number of amides is 1. The van der Waals surface area contributed by atoms with E-state index in [1.54, 1.807) is 6.20 Å². The molecule has 2 atom stereocenters. The van der Waals surface area contributed by atoms with Crippen LogP contribution in [-0.4, -0.2) is 43.4 Å². The highest BCUT2D eigenvalue weighted by atomic mass is 35.5. The largest absolute Gasteiger partial charge is 0.465 e. The maximum absolute atomic E-state index is 10.9. The predicted molar refractivity (Wildman–Crippen MR) is 103 cm³/mol. The topological polar surface area (TPSA) is 116 Å². The van der Waals surface area contributed by atoms with Crippen molar-refractivity contribution < 1.29 is 9.90 Å². The summed E-state index contributed by atoms with van der Waals surface area (Å²) in [5, 5.41) is 23.5. The number of H-pyrrole nitrogens is 1. The van der Waals surface area contributed by atoms with Crippen LogP contribution in [0.4, 0.5) is 10.7 Å². The number of para-hydroxylation sites is 1. The van der Waals surface area contributed by atoms with Crippen LogP contribution in [-0.2, 0) is 0 Å². The summed E-state index contributed by atoms with van der Waals surface area (Å²) < 4.78 is 0. The highest BCUT2D eigenvalue weighted by molar-refractivity contribution is 6.33. The molecule has 2 aromatic heterocycles. The average molecular weight is 387 g/mol. The summed E-state index contributed by atoms with van der Waals surface area (Å²) in [7, 11) is 0. The van der Waals surface area contributed by atoms with Crippen molar-refractivity contribution in [3.8, 4) is 11.4 Å². The van der Waals surface area contributed by atoms with Gasteiger partial charge in [0.15, 0.2) is 0 Å². The zero-order chi connectivity index (χ0) is 18.8. The van der Waals surface area contributed by atoms with Gasteiger partial charge in [0.25, 0.3) is 0 Å². The van der Waals surface area contributed by atoms with Crippen LogP contribution in [0.2, 0.25) is 5.02 Å². The lowest BCUT2D eigenvalue weighted by molar-refractivity contribution is 0.185. The third-order valence-corrected chi connectivity index (χ3v) is 5.05. The molecule has 4 rings (SSSR count). The number of rotatable bonds is 4. The first-order valence-electron chi connectivity index (χ1n) is 8.82. The number of halogens is 1. The van der Waals surface area contributed by atoms with E-state index in [2.05, 4.69) is 30.8 Å². The molecule has 8 nitrogen and oxygen atoms in total. The van der Waals surface area contributed by atoms with Crippen LogP contribution >= 0.6 is 11.6 Å². The Kier molecular flexibility index (Phi) is 4.81. The summed E-state index contributed by atoms with van der Waals surface area (Å²) >= 11 is 6.33. The van der Waals surface area contributed by atoms with Gasteiger partial charge in [-0.2, -0.15) is 5.10 Å². The zero-order valence-corrected chi connectivity index (χ0v) is 15.2. The fourth-order valence-electron chi connectivity index (χ4n) is 3.56. The standard InChI is InChI=1S/C18H19ClN6O2/c19-13-9-20-17(21-10-4-3-5-11(8-10)22-18(26)27)23-16(13)15-12-6-1-2-7-14(12)24-25-15/h1-2,6-7,9-11,22H,3-5,8H2,(H,24,25)(H,26,27)(H,20,21,23)/t10-,11+/m1/s1. The van der Waals surface area contributed by atoms with Gasteiger partial charge in [0.2, 0.25) is 5.95 Å². The van der Waals surface area contributed by atoms with Crippen LogP contribution in [0.15, 0.2) is 30.5 Å². The minimum absolute atomic E-state index is 0.0594. The number of nitrogens with zero attached hydrogens (tertiary/aromatic N) is 3. The molecule has 9 heteroatoms. The summed E-state index contributed by atoms with van der Waals surface area (Å²) in [6.45, 7) is 0. The number of carbonyl (C=O) groups is 1. The van der Waals surface area contributed by atoms with Crippen LogP contribution in [0.5, 0.6) is 0 Å². The maximum Gasteiger partial charge on any atom is 0.404 e. The fraction of sp³-hybridized carbons (Fsp3) is 0.333. The number of benzene rings is 1. The van der Waals surface area contributed by atoms with Gasteiger partial charge in [-0.1, -0.05) is 29.8 Å². The Labute approximate surface area is 160 Å². The van der Waals surface area contributed by atoms with E-state index in [1.165, 1.54) is 0 Å². The number of carboxylic acid groups (broad SMARTS) is 1. The molecule has 4 N–H and O–H groups in total. The van der Waals surface area contributed by atoms with Crippen molar-refractivity contribution in [1.29, 1.82) is 0 Å². The summed E-state index contributed by atoms with van der Waals surface area (Å²) in [4.78, 5) is 19.7. The first kappa shape index (κ1) is 17.5. The lowest BCUT2D eigenvalue weighted by atomic mass is 9.91. The molecule has 3 aromatic rings. The minimum Gasteiger partial charge on any atom is -0.465 e. The number of aromatic nitrogens is 4. The number of anilines is 1. The molecule has 1 aliphatic rings. The molecule has 0 unspecified atom stereocenters. The fourth-order valence-corrected chi connectivity index (χ4v) is 3.74. The number of fused-ring (bicyclic) bond motifs is 1. The molecular weight excluding hydrogens is 368 g/mol. The zero-order valence-electron chi connectivity index (χ0n) is 14.4. The third kappa shape index (κ3) is 3.80. The molecule has 140 valence electrons. The normalized spacial score (nSPS) is 19.7. The molecule has 27 heavy (non-hydrogen) atoms. The predicted octanol–water partition coefficient (Wildman–Crippen LogP) is 3.66. The molecule has 0 bridgehead atoms. The Balaban J connectivity index is 1.57. The van der Waals surface area contributed by atoms with Gasteiger partial charge < -0.3 is 15.7 Å². The summed E-state index contributed by atoms with van der Waals surface area (Å²) in [6.07, 6.45) is 3.98. The van der Waals surface area contributed by atoms with Gasteiger partial charge in [0.1, 0.15) is 11.4 Å². The van der Waals surface area contributed by atoms with Crippen molar-refractivity contribution in [3.63, 3.8) is 0 Å². The van der Waals surface area contributed by atoms with E-state index < -0.39 is 6.09 Å². The average Bonchev–Trinajstić information content (AvgIpc) is 3.07. The first-order valence-corrected chi connectivity index (χ1v) is 9.20. The molecule has 1 aliphatic carbocycles. The first-order chi connectivity index (χ1) is 13.1. The smallest absolute Gasteiger partial charge is 0.404 e. The van der Waals surface area contributed by atoms with E-state index in [0.717, 1.165) is 30.2 Å². The number of hydrogen-bond donors (Lipinski definition) is 4. The number of nitrogens with one attached hydrogen (secondary N) is 3. The van der Waals surface area contributed by atoms with E-state index in [4.69, 9.17) is 16.7 Å². The molecule has 2 heterocycles. The molecular formula is C18H19ClN6O2. The third-order valence-electron chi connectivity index (χ3n) is 4.77. The number of hydrogen-bond acceptors (Lipinski definition) is 5. The van der Waals surface area contributed by atoms with Gasteiger partial charge in [-0.3, -0.25) is 5.10 Å². The lowest BCUT2D eigenvalue weighted by Gasteiger charge is -2.29. The summed E-state index contributed by atoms with van der Waals surface area (Å²) in [6, 6.07) is 7.81. The van der Waals surface area contributed by atoms with Crippen molar-refractivity contribution in [2.75, 3.05) is 5.32 Å². The lowest BCUT2D eigenvalue weighted by Crippen LogP contribution is -2.41. The molecule has 0 saturated heterocycles. The monoisotopic (exact) mass is 386 g/mol. The Bertz CT molecular complexity index is 975.